The van der Waals surface area contributed by atoms with E-state index in [0.29, 0.717) is 18.1 Å². The van der Waals surface area contributed by atoms with Gasteiger partial charge in [-0.2, -0.15) is 0 Å². The van der Waals surface area contributed by atoms with Crippen molar-refractivity contribution in [3.8, 4) is 0 Å². The zero-order valence-corrected chi connectivity index (χ0v) is 19.2. The van der Waals surface area contributed by atoms with Crippen molar-refractivity contribution in [3.63, 3.8) is 0 Å². The molecule has 2 aromatic rings. The first-order valence-electron chi connectivity index (χ1n) is 11.0. The van der Waals surface area contributed by atoms with Crippen LogP contribution in [0.2, 0.25) is 5.02 Å². The van der Waals surface area contributed by atoms with Gasteiger partial charge in [0.1, 0.15) is 0 Å². The Bertz CT molecular complexity index is 862. The number of nitrogens with zero attached hydrogens (tertiary/aromatic N) is 2. The number of anilines is 1. The van der Waals surface area contributed by atoms with Crippen molar-refractivity contribution < 1.29 is 9.53 Å². The molecule has 1 amide bonds. The maximum Gasteiger partial charge on any atom is 0.410 e. The summed E-state index contributed by atoms with van der Waals surface area (Å²) in [5, 5.41) is 0.674. The number of methoxy groups -OCH3 is 1. The van der Waals surface area contributed by atoms with Crippen molar-refractivity contribution in [1.82, 2.24) is 4.90 Å². The van der Waals surface area contributed by atoms with Crippen LogP contribution in [-0.2, 0) is 30.7 Å². The zero-order chi connectivity index (χ0) is 21.5. The summed E-state index contributed by atoms with van der Waals surface area (Å²) in [5.74, 6) is 0. The highest BCUT2D eigenvalue weighted by Crippen LogP contribution is 2.32. The summed E-state index contributed by atoms with van der Waals surface area (Å²) in [4.78, 5) is 16.9. The van der Waals surface area contributed by atoms with Crippen LogP contribution in [0.4, 0.5) is 10.5 Å². The minimum absolute atomic E-state index is 0.320. The van der Waals surface area contributed by atoms with Crippen molar-refractivity contribution in [2.24, 2.45) is 0 Å². The lowest BCUT2D eigenvalue weighted by atomic mass is 10.0. The van der Waals surface area contributed by atoms with Gasteiger partial charge in [-0.3, -0.25) is 4.90 Å². The Labute approximate surface area is 185 Å². The number of carbonyl (C=O) groups is 1. The van der Waals surface area contributed by atoms with Crippen LogP contribution in [0, 0.1) is 0 Å². The van der Waals surface area contributed by atoms with E-state index in [-0.39, 0.29) is 6.09 Å². The minimum Gasteiger partial charge on any atom is -0.453 e. The summed E-state index contributed by atoms with van der Waals surface area (Å²) in [6.07, 6.45) is 5.36. The van der Waals surface area contributed by atoms with Crippen LogP contribution >= 0.6 is 11.6 Å². The van der Waals surface area contributed by atoms with Crippen LogP contribution in [0.15, 0.2) is 36.4 Å². The average Bonchev–Trinajstić information content (AvgIpc) is 3.19. The third kappa shape index (κ3) is 5.48. The Morgan fingerprint density at radius 1 is 1.03 bits per heavy atom. The predicted molar refractivity (Wildman–Crippen MR) is 124 cm³/mol. The second-order valence-corrected chi connectivity index (χ2v) is 8.48. The molecule has 5 heteroatoms. The minimum atomic E-state index is -0.320. The summed E-state index contributed by atoms with van der Waals surface area (Å²) >= 11 is 6.16. The topological polar surface area (TPSA) is 32.8 Å². The zero-order valence-electron chi connectivity index (χ0n) is 18.4. The number of rotatable bonds is 9. The van der Waals surface area contributed by atoms with Crippen LogP contribution in [0.5, 0.6) is 0 Å². The third-order valence-electron chi connectivity index (χ3n) is 5.68. The maximum atomic E-state index is 12.6. The summed E-state index contributed by atoms with van der Waals surface area (Å²) in [5.41, 5.74) is 6.35. The molecule has 3 rings (SSSR count). The van der Waals surface area contributed by atoms with Crippen molar-refractivity contribution in [2.75, 3.05) is 25.1 Å². The number of fused-ring (bicyclic) bond motifs is 1. The van der Waals surface area contributed by atoms with Gasteiger partial charge in [0.05, 0.1) is 13.7 Å². The average molecular weight is 429 g/mol. The molecule has 1 aliphatic carbocycles. The molecular weight excluding hydrogens is 396 g/mol. The SMILES string of the molecule is CCCN(CCC)c1cc2c(cc1CN(Cc1cccc(Cl)c1)C(=O)OC)CCC2. The quantitative estimate of drug-likeness (QED) is 0.475. The summed E-state index contributed by atoms with van der Waals surface area (Å²) < 4.78 is 5.12. The lowest BCUT2D eigenvalue weighted by molar-refractivity contribution is 0.118. The molecular formula is C25H33ClN2O2. The number of hydrogen-bond acceptors (Lipinski definition) is 3. The number of carbonyl (C=O) groups excluding carboxylic acids is 1. The predicted octanol–water partition coefficient (Wildman–Crippen LogP) is 6.22. The van der Waals surface area contributed by atoms with Crippen LogP contribution in [0.25, 0.3) is 0 Å². The highest BCUT2D eigenvalue weighted by Gasteiger charge is 2.22. The first kappa shape index (κ1) is 22.5. The molecule has 0 heterocycles. The Kier molecular flexibility index (Phi) is 8.03. The Hall–Kier alpha value is -2.20. The fraction of sp³-hybridized carbons (Fsp3) is 0.480. The van der Waals surface area contributed by atoms with Gasteiger partial charge in [-0.1, -0.05) is 43.6 Å². The van der Waals surface area contributed by atoms with E-state index in [1.54, 1.807) is 4.90 Å². The molecule has 0 N–H and O–H groups in total. The normalized spacial score (nSPS) is 12.5. The van der Waals surface area contributed by atoms with Gasteiger partial charge in [0.15, 0.2) is 0 Å². The van der Waals surface area contributed by atoms with E-state index in [0.717, 1.165) is 44.3 Å². The molecule has 0 saturated carbocycles. The third-order valence-corrected chi connectivity index (χ3v) is 5.91. The number of hydrogen-bond donors (Lipinski definition) is 0. The summed E-state index contributed by atoms with van der Waals surface area (Å²) in [6.45, 7) is 7.46. The fourth-order valence-electron chi connectivity index (χ4n) is 4.35. The summed E-state index contributed by atoms with van der Waals surface area (Å²) in [6, 6.07) is 12.4. The molecule has 1 aliphatic rings. The molecule has 4 nitrogen and oxygen atoms in total. The Morgan fingerprint density at radius 3 is 2.37 bits per heavy atom. The first-order valence-corrected chi connectivity index (χ1v) is 11.4. The molecule has 0 bridgehead atoms. The molecule has 0 aliphatic heterocycles. The summed E-state index contributed by atoms with van der Waals surface area (Å²) in [7, 11) is 1.44. The molecule has 0 saturated heterocycles. The van der Waals surface area contributed by atoms with E-state index >= 15 is 0 Å². The lowest BCUT2D eigenvalue weighted by Crippen LogP contribution is -2.32. The standard InChI is InChI=1S/C25H33ClN2O2/c1-4-12-27(13-5-2)24-16-21-10-7-9-20(21)15-22(24)18-28(25(29)30-3)17-19-8-6-11-23(26)14-19/h6,8,11,14-16H,4-5,7,9-10,12-13,17-18H2,1-3H3. The highest BCUT2D eigenvalue weighted by molar-refractivity contribution is 6.30. The molecule has 162 valence electrons. The van der Waals surface area contributed by atoms with Crippen molar-refractivity contribution in [2.45, 2.75) is 59.0 Å². The van der Waals surface area contributed by atoms with Crippen LogP contribution < -0.4 is 4.90 Å². The number of ether oxygens (including phenoxy) is 1. The monoisotopic (exact) mass is 428 g/mol. The van der Waals surface area contributed by atoms with Crippen molar-refractivity contribution in [3.05, 3.63) is 63.7 Å². The molecule has 0 fully saturated rings. The number of halogens is 1. The van der Waals surface area contributed by atoms with Gasteiger partial charge in [-0.05, 0) is 72.6 Å². The smallest absolute Gasteiger partial charge is 0.410 e. The highest BCUT2D eigenvalue weighted by atomic mass is 35.5. The molecule has 0 atom stereocenters. The largest absolute Gasteiger partial charge is 0.453 e. The van der Waals surface area contributed by atoms with Gasteiger partial charge in [-0.25, -0.2) is 4.79 Å². The van der Waals surface area contributed by atoms with Gasteiger partial charge >= 0.3 is 6.09 Å². The molecule has 0 spiro atoms. The molecule has 0 radical (unpaired) electrons. The number of amides is 1. The number of benzene rings is 2. The molecule has 0 aromatic heterocycles. The molecule has 0 unspecified atom stereocenters. The second kappa shape index (κ2) is 10.7. The second-order valence-electron chi connectivity index (χ2n) is 8.05. The van der Waals surface area contributed by atoms with Crippen molar-refractivity contribution in [1.29, 1.82) is 0 Å². The van der Waals surface area contributed by atoms with Crippen LogP contribution in [-0.4, -0.2) is 31.2 Å². The van der Waals surface area contributed by atoms with Gasteiger partial charge in [0, 0.05) is 30.3 Å². The van der Waals surface area contributed by atoms with Gasteiger partial charge in [0.2, 0.25) is 0 Å². The van der Waals surface area contributed by atoms with Crippen molar-refractivity contribution >= 4 is 23.4 Å². The maximum absolute atomic E-state index is 12.6. The van der Waals surface area contributed by atoms with Gasteiger partial charge < -0.3 is 9.64 Å². The number of aryl methyl sites for hydroxylation is 2. The molecule has 30 heavy (non-hydrogen) atoms. The van der Waals surface area contributed by atoms with E-state index < -0.39 is 0 Å². The lowest BCUT2D eigenvalue weighted by Gasteiger charge is -2.30. The van der Waals surface area contributed by atoms with E-state index in [1.165, 1.54) is 35.9 Å². The van der Waals surface area contributed by atoms with E-state index in [4.69, 9.17) is 16.3 Å². The molecule has 2 aromatic carbocycles. The first-order chi connectivity index (χ1) is 14.5. The Balaban J connectivity index is 1.95. The Morgan fingerprint density at radius 2 is 1.73 bits per heavy atom. The van der Waals surface area contributed by atoms with Gasteiger partial charge in [0.25, 0.3) is 0 Å². The van der Waals surface area contributed by atoms with E-state index in [1.807, 2.05) is 24.3 Å². The van der Waals surface area contributed by atoms with E-state index in [9.17, 15) is 4.79 Å². The van der Waals surface area contributed by atoms with Crippen LogP contribution in [0.3, 0.4) is 0 Å². The van der Waals surface area contributed by atoms with E-state index in [2.05, 4.69) is 30.9 Å². The van der Waals surface area contributed by atoms with Gasteiger partial charge in [-0.15, -0.1) is 0 Å². The van der Waals surface area contributed by atoms with Crippen LogP contribution in [0.1, 0.15) is 55.4 Å². The fourth-order valence-corrected chi connectivity index (χ4v) is 4.56.